The minimum Gasteiger partial charge on any atom is -0.493 e. The second kappa shape index (κ2) is 12.5. The van der Waals surface area contributed by atoms with Crippen molar-refractivity contribution in [1.29, 1.82) is 0 Å². The molecule has 0 aromatic heterocycles. The maximum Gasteiger partial charge on any atom is 0.333 e. The number of hydrogen-bond acceptors (Lipinski definition) is 5. The Morgan fingerprint density at radius 2 is 1.79 bits per heavy atom. The van der Waals surface area contributed by atoms with E-state index in [2.05, 4.69) is 20.1 Å². The third kappa shape index (κ3) is 8.03. The first-order valence-electron chi connectivity index (χ1n) is 10.2. The van der Waals surface area contributed by atoms with Gasteiger partial charge in [-0.3, -0.25) is 0 Å². The van der Waals surface area contributed by atoms with E-state index in [1.54, 1.807) is 6.92 Å². The summed E-state index contributed by atoms with van der Waals surface area (Å²) in [5.74, 6) is 0.303. The van der Waals surface area contributed by atoms with Gasteiger partial charge in [0.1, 0.15) is 5.75 Å². The summed E-state index contributed by atoms with van der Waals surface area (Å²) in [6, 6.07) is 5.84. The molecule has 0 saturated carbocycles. The molecule has 0 aliphatic carbocycles. The SMILES string of the molecule is C=C(C)C(=O)OCCc1cc(C(=C)C)ccc1OCCC(CO)(CO)CCCC. The van der Waals surface area contributed by atoms with Crippen LogP contribution in [0.1, 0.15) is 57.6 Å². The second-order valence-corrected chi connectivity index (χ2v) is 7.79. The Balaban J connectivity index is 2.83. The van der Waals surface area contributed by atoms with Crippen molar-refractivity contribution in [2.75, 3.05) is 26.4 Å². The molecule has 0 unspecified atom stereocenters. The van der Waals surface area contributed by atoms with Gasteiger partial charge in [-0.2, -0.15) is 0 Å². The molecule has 1 rings (SSSR count). The molecule has 0 radical (unpaired) electrons. The molecule has 0 aliphatic rings. The third-order valence-corrected chi connectivity index (χ3v) is 5.13. The zero-order valence-corrected chi connectivity index (χ0v) is 18.1. The van der Waals surface area contributed by atoms with Gasteiger partial charge in [-0.1, -0.05) is 44.6 Å². The van der Waals surface area contributed by atoms with Crippen molar-refractivity contribution in [2.45, 2.75) is 52.9 Å². The molecule has 29 heavy (non-hydrogen) atoms. The fourth-order valence-electron chi connectivity index (χ4n) is 2.98. The number of benzene rings is 1. The van der Waals surface area contributed by atoms with Crippen LogP contribution in [0.2, 0.25) is 0 Å². The van der Waals surface area contributed by atoms with Gasteiger partial charge in [0.15, 0.2) is 0 Å². The Labute approximate surface area is 175 Å². The van der Waals surface area contributed by atoms with E-state index in [4.69, 9.17) is 9.47 Å². The summed E-state index contributed by atoms with van der Waals surface area (Å²) in [4.78, 5) is 11.6. The molecular formula is C24H36O5. The van der Waals surface area contributed by atoms with E-state index >= 15 is 0 Å². The molecule has 0 saturated heterocycles. The van der Waals surface area contributed by atoms with Crippen LogP contribution < -0.4 is 4.74 Å². The third-order valence-electron chi connectivity index (χ3n) is 5.13. The number of allylic oxidation sites excluding steroid dienone is 1. The minimum atomic E-state index is -0.523. The molecule has 5 nitrogen and oxygen atoms in total. The van der Waals surface area contributed by atoms with Gasteiger partial charge in [-0.05, 0) is 49.9 Å². The number of unbranched alkanes of at least 4 members (excludes halogenated alkanes) is 1. The van der Waals surface area contributed by atoms with Gasteiger partial charge in [0, 0.05) is 17.4 Å². The van der Waals surface area contributed by atoms with Gasteiger partial charge in [0.25, 0.3) is 0 Å². The highest BCUT2D eigenvalue weighted by Crippen LogP contribution is 2.30. The van der Waals surface area contributed by atoms with Crippen LogP contribution in [0, 0.1) is 5.41 Å². The number of esters is 1. The molecule has 0 atom stereocenters. The van der Waals surface area contributed by atoms with Gasteiger partial charge in [-0.25, -0.2) is 4.79 Å². The summed E-state index contributed by atoms with van der Waals surface area (Å²) in [6.45, 7) is 13.7. The molecule has 1 aromatic carbocycles. The van der Waals surface area contributed by atoms with Gasteiger partial charge in [0.2, 0.25) is 0 Å². The summed E-state index contributed by atoms with van der Waals surface area (Å²) in [5, 5.41) is 19.6. The van der Waals surface area contributed by atoms with E-state index in [0.29, 0.717) is 30.8 Å². The van der Waals surface area contributed by atoms with Crippen molar-refractivity contribution < 1.29 is 24.5 Å². The van der Waals surface area contributed by atoms with Crippen LogP contribution >= 0.6 is 0 Å². The van der Waals surface area contributed by atoms with Crippen molar-refractivity contribution in [2.24, 2.45) is 5.41 Å². The van der Waals surface area contributed by atoms with Crippen LogP contribution in [0.25, 0.3) is 5.57 Å². The predicted octanol–water partition coefficient (Wildman–Crippen LogP) is 4.31. The molecule has 5 heteroatoms. The van der Waals surface area contributed by atoms with Gasteiger partial charge >= 0.3 is 5.97 Å². The minimum absolute atomic E-state index is 0.0643. The van der Waals surface area contributed by atoms with Crippen molar-refractivity contribution in [1.82, 2.24) is 0 Å². The largest absolute Gasteiger partial charge is 0.493 e. The molecule has 0 aliphatic heterocycles. The van der Waals surface area contributed by atoms with Gasteiger partial charge < -0.3 is 19.7 Å². The molecule has 1 aromatic rings. The number of aliphatic hydroxyl groups excluding tert-OH is 2. The molecule has 0 fully saturated rings. The predicted molar refractivity (Wildman–Crippen MR) is 117 cm³/mol. The number of rotatable bonds is 14. The first kappa shape index (κ1) is 24.9. The normalized spacial score (nSPS) is 11.2. The maximum atomic E-state index is 11.6. The highest BCUT2D eigenvalue weighted by Gasteiger charge is 2.28. The topological polar surface area (TPSA) is 76.0 Å². The van der Waals surface area contributed by atoms with Crippen LogP contribution in [0.5, 0.6) is 5.75 Å². The van der Waals surface area contributed by atoms with Crippen LogP contribution in [0.15, 0.2) is 36.9 Å². The number of ether oxygens (including phenoxy) is 2. The lowest BCUT2D eigenvalue weighted by Gasteiger charge is -2.29. The molecule has 162 valence electrons. The maximum absolute atomic E-state index is 11.6. The van der Waals surface area contributed by atoms with Crippen molar-refractivity contribution in [3.05, 3.63) is 48.1 Å². The van der Waals surface area contributed by atoms with Gasteiger partial charge in [-0.15, -0.1) is 0 Å². The summed E-state index contributed by atoms with van der Waals surface area (Å²) in [5.41, 5.74) is 2.71. The fraction of sp³-hybridized carbons (Fsp3) is 0.542. The lowest BCUT2D eigenvalue weighted by Crippen LogP contribution is -2.32. The summed E-state index contributed by atoms with van der Waals surface area (Å²) < 4.78 is 11.2. The van der Waals surface area contributed by atoms with E-state index in [0.717, 1.165) is 36.0 Å². The van der Waals surface area contributed by atoms with Crippen molar-refractivity contribution in [3.63, 3.8) is 0 Å². The lowest BCUT2D eigenvalue weighted by molar-refractivity contribution is -0.138. The Hall–Kier alpha value is -2.11. The number of aliphatic hydroxyl groups is 2. The average molecular weight is 405 g/mol. The first-order valence-corrected chi connectivity index (χ1v) is 10.2. The molecule has 0 heterocycles. The van der Waals surface area contributed by atoms with Gasteiger partial charge in [0.05, 0.1) is 26.4 Å². The number of hydrogen-bond donors (Lipinski definition) is 2. The lowest BCUT2D eigenvalue weighted by atomic mass is 9.81. The Kier molecular flexibility index (Phi) is 10.7. The van der Waals surface area contributed by atoms with Crippen LogP contribution in [0.4, 0.5) is 0 Å². The Morgan fingerprint density at radius 1 is 1.10 bits per heavy atom. The Morgan fingerprint density at radius 3 is 2.34 bits per heavy atom. The van der Waals surface area contributed by atoms with Crippen LogP contribution in [-0.4, -0.2) is 42.6 Å². The number of carbonyl (C=O) groups is 1. The summed E-state index contributed by atoms with van der Waals surface area (Å²) in [6.07, 6.45) is 3.80. The second-order valence-electron chi connectivity index (χ2n) is 7.79. The highest BCUT2D eigenvalue weighted by molar-refractivity contribution is 5.86. The average Bonchev–Trinajstić information content (AvgIpc) is 2.71. The van der Waals surface area contributed by atoms with Crippen LogP contribution in [-0.2, 0) is 16.0 Å². The number of carbonyl (C=O) groups excluding carboxylic acids is 1. The van der Waals surface area contributed by atoms with E-state index in [-0.39, 0.29) is 19.8 Å². The van der Waals surface area contributed by atoms with Crippen LogP contribution in [0.3, 0.4) is 0 Å². The zero-order chi connectivity index (χ0) is 21.9. The molecule has 2 N–H and O–H groups in total. The van der Waals surface area contributed by atoms with E-state index in [1.807, 2.05) is 25.1 Å². The molecule has 0 amide bonds. The zero-order valence-electron chi connectivity index (χ0n) is 18.1. The summed E-state index contributed by atoms with van der Waals surface area (Å²) in [7, 11) is 0. The van der Waals surface area contributed by atoms with Crippen molar-refractivity contribution >= 4 is 11.5 Å². The highest BCUT2D eigenvalue weighted by atomic mass is 16.5. The molecule has 0 spiro atoms. The first-order chi connectivity index (χ1) is 13.8. The monoisotopic (exact) mass is 404 g/mol. The Bertz CT molecular complexity index is 689. The van der Waals surface area contributed by atoms with Crippen molar-refractivity contribution in [3.8, 4) is 5.75 Å². The standard InChI is InChI=1S/C24H36O5/c1-6-7-11-24(16-25,17-26)12-14-28-22-9-8-20(18(2)3)15-21(22)10-13-29-23(27)19(4)5/h8-9,15,25-26H,2,4,6-7,10-14,16-17H2,1,3,5H3. The quantitative estimate of drug-likeness (QED) is 0.357. The smallest absolute Gasteiger partial charge is 0.333 e. The summed E-state index contributed by atoms with van der Waals surface area (Å²) >= 11 is 0. The fourth-order valence-corrected chi connectivity index (χ4v) is 2.98. The van der Waals surface area contributed by atoms with E-state index in [9.17, 15) is 15.0 Å². The molecular weight excluding hydrogens is 368 g/mol. The molecule has 0 bridgehead atoms. The van der Waals surface area contributed by atoms with E-state index < -0.39 is 11.4 Å². The van der Waals surface area contributed by atoms with E-state index in [1.165, 1.54) is 0 Å².